The number of nitrogens with two attached hydrogens (primary N) is 2. The van der Waals surface area contributed by atoms with Gasteiger partial charge in [-0.2, -0.15) is 0 Å². The third-order valence-electron chi connectivity index (χ3n) is 2.64. The highest BCUT2D eigenvalue weighted by Gasteiger charge is 2.08. The molecule has 0 aliphatic heterocycles. The average molecular weight is 302 g/mol. The molecule has 0 aliphatic rings. The highest BCUT2D eigenvalue weighted by atomic mass is 35.5. The second-order valence-electron chi connectivity index (χ2n) is 3.87. The van der Waals surface area contributed by atoms with E-state index in [-0.39, 0.29) is 4.70 Å². The van der Waals surface area contributed by atoms with E-state index in [4.69, 9.17) is 34.7 Å². The third kappa shape index (κ3) is 3.43. The number of halogens is 3. The maximum Gasteiger partial charge on any atom is 0.0825 e. The molecule has 6 heteroatoms. The van der Waals surface area contributed by atoms with Gasteiger partial charge in [0, 0.05) is 11.6 Å². The van der Waals surface area contributed by atoms with Crippen LogP contribution in [0.3, 0.4) is 0 Å². The first-order valence-electron chi connectivity index (χ1n) is 5.40. The smallest absolute Gasteiger partial charge is 0.0825 e. The number of rotatable bonds is 3. The first kappa shape index (κ1) is 15.4. The Morgan fingerprint density at radius 3 is 2.32 bits per heavy atom. The van der Waals surface area contributed by atoms with Gasteiger partial charge in [0.2, 0.25) is 0 Å². The van der Waals surface area contributed by atoms with Crippen molar-refractivity contribution in [3.63, 3.8) is 0 Å². The Balaban J connectivity index is 0.00000180. The lowest BCUT2D eigenvalue weighted by Gasteiger charge is -2.13. The van der Waals surface area contributed by atoms with Crippen molar-refractivity contribution in [2.45, 2.75) is 6.54 Å². The van der Waals surface area contributed by atoms with E-state index in [9.17, 15) is 0 Å². The second kappa shape index (κ2) is 6.50. The van der Waals surface area contributed by atoms with Crippen molar-refractivity contribution in [2.24, 2.45) is 0 Å². The predicted molar refractivity (Wildman–Crippen MR) is 81.6 cm³/mol. The topological polar surface area (TPSA) is 64.1 Å². The highest BCUT2D eigenvalue weighted by molar-refractivity contribution is 6.34. The van der Waals surface area contributed by atoms with Crippen LogP contribution in [-0.4, -0.2) is 0 Å². The largest absolute Gasteiger partial charge is 0.397 e. The molecule has 2 rings (SSSR count). The molecule has 0 saturated carbocycles. The van der Waals surface area contributed by atoms with Crippen LogP contribution in [0.15, 0.2) is 36.4 Å². The lowest BCUT2D eigenvalue weighted by atomic mass is 10.2. The molecular formula is C13H14Cl2FN3. The minimum absolute atomic E-state index is 0. The van der Waals surface area contributed by atoms with E-state index in [0.717, 1.165) is 5.56 Å². The Hall–Kier alpha value is -1.65. The maximum absolute atomic E-state index is 6.07. The standard InChI is InChI=1S/C13H13Cl2N3.FH/c14-9-4-2-1-3-8(9)7-18-13-11(16)6-5-10(15)12(13)17;/h1-6,18H,7,16-17H2;1H. The first-order valence-corrected chi connectivity index (χ1v) is 6.16. The van der Waals surface area contributed by atoms with Crippen LogP contribution >= 0.6 is 23.2 Å². The van der Waals surface area contributed by atoms with E-state index in [2.05, 4.69) is 5.32 Å². The SMILES string of the molecule is F.Nc1ccc(Cl)c(N)c1NCc1ccccc1Cl. The summed E-state index contributed by atoms with van der Waals surface area (Å²) in [5.41, 5.74) is 14.4. The molecule has 102 valence electrons. The van der Waals surface area contributed by atoms with Gasteiger partial charge < -0.3 is 16.8 Å². The van der Waals surface area contributed by atoms with Gasteiger partial charge in [-0.1, -0.05) is 41.4 Å². The van der Waals surface area contributed by atoms with Crippen LogP contribution < -0.4 is 16.8 Å². The van der Waals surface area contributed by atoms with E-state index in [0.29, 0.717) is 33.7 Å². The second-order valence-corrected chi connectivity index (χ2v) is 4.68. The zero-order chi connectivity index (χ0) is 13.1. The van der Waals surface area contributed by atoms with Gasteiger partial charge in [-0.05, 0) is 23.8 Å². The molecule has 0 heterocycles. The number of anilines is 3. The summed E-state index contributed by atoms with van der Waals surface area (Å²) >= 11 is 12.0. The zero-order valence-electron chi connectivity index (χ0n) is 9.99. The Bertz CT molecular complexity index is 576. The molecule has 5 N–H and O–H groups in total. The summed E-state index contributed by atoms with van der Waals surface area (Å²) in [5.74, 6) is 0. The van der Waals surface area contributed by atoms with Gasteiger partial charge in [-0.3, -0.25) is 4.70 Å². The Morgan fingerprint density at radius 1 is 0.947 bits per heavy atom. The van der Waals surface area contributed by atoms with Crippen LogP contribution in [-0.2, 0) is 6.54 Å². The minimum atomic E-state index is 0. The average Bonchev–Trinajstić information content (AvgIpc) is 2.36. The summed E-state index contributed by atoms with van der Waals surface area (Å²) < 4.78 is 0. The fourth-order valence-corrected chi connectivity index (χ4v) is 1.99. The summed E-state index contributed by atoms with van der Waals surface area (Å²) in [7, 11) is 0. The molecule has 0 spiro atoms. The van der Waals surface area contributed by atoms with Crippen LogP contribution in [0.5, 0.6) is 0 Å². The molecule has 0 radical (unpaired) electrons. The van der Waals surface area contributed by atoms with Crippen molar-refractivity contribution in [1.29, 1.82) is 0 Å². The molecule has 19 heavy (non-hydrogen) atoms. The molecule has 0 saturated heterocycles. The van der Waals surface area contributed by atoms with Crippen LogP contribution in [0.1, 0.15) is 5.56 Å². The molecular weight excluding hydrogens is 288 g/mol. The number of nitrogen functional groups attached to an aromatic ring is 2. The van der Waals surface area contributed by atoms with E-state index in [1.54, 1.807) is 12.1 Å². The molecule has 0 aliphatic carbocycles. The highest BCUT2D eigenvalue weighted by Crippen LogP contribution is 2.33. The van der Waals surface area contributed by atoms with Gasteiger partial charge in [0.1, 0.15) is 0 Å². The van der Waals surface area contributed by atoms with Gasteiger partial charge in [-0.25, -0.2) is 0 Å². The van der Waals surface area contributed by atoms with E-state index < -0.39 is 0 Å². The molecule has 2 aromatic carbocycles. The first-order chi connectivity index (χ1) is 8.59. The van der Waals surface area contributed by atoms with Crippen LogP contribution in [0.25, 0.3) is 0 Å². The molecule has 0 amide bonds. The Kier molecular flexibility index (Phi) is 5.27. The van der Waals surface area contributed by atoms with E-state index >= 15 is 0 Å². The number of hydrogen-bond acceptors (Lipinski definition) is 3. The Morgan fingerprint density at radius 2 is 1.63 bits per heavy atom. The number of nitrogens with one attached hydrogen (secondary N) is 1. The number of benzene rings is 2. The lowest BCUT2D eigenvalue weighted by Crippen LogP contribution is -2.06. The molecule has 0 unspecified atom stereocenters. The van der Waals surface area contributed by atoms with Gasteiger partial charge in [-0.15, -0.1) is 0 Å². The quantitative estimate of drug-likeness (QED) is 0.753. The summed E-state index contributed by atoms with van der Waals surface area (Å²) in [6.07, 6.45) is 0. The van der Waals surface area contributed by atoms with Crippen molar-refractivity contribution < 1.29 is 4.70 Å². The number of hydrogen-bond donors (Lipinski definition) is 3. The summed E-state index contributed by atoms with van der Waals surface area (Å²) in [4.78, 5) is 0. The van der Waals surface area contributed by atoms with Crippen LogP contribution in [0.2, 0.25) is 10.0 Å². The van der Waals surface area contributed by atoms with Gasteiger partial charge in [0.25, 0.3) is 0 Å². The van der Waals surface area contributed by atoms with Crippen molar-refractivity contribution in [3.8, 4) is 0 Å². The molecule has 0 atom stereocenters. The van der Waals surface area contributed by atoms with E-state index in [1.807, 2.05) is 24.3 Å². The summed E-state index contributed by atoms with van der Waals surface area (Å²) in [6.45, 7) is 0.536. The Labute approximate surface area is 120 Å². The van der Waals surface area contributed by atoms with Crippen LogP contribution in [0.4, 0.5) is 21.8 Å². The molecule has 3 nitrogen and oxygen atoms in total. The maximum atomic E-state index is 6.07. The fraction of sp³-hybridized carbons (Fsp3) is 0.0769. The van der Waals surface area contributed by atoms with E-state index in [1.165, 1.54) is 0 Å². The molecule has 0 aromatic heterocycles. The van der Waals surface area contributed by atoms with Gasteiger partial charge in [0.15, 0.2) is 0 Å². The van der Waals surface area contributed by atoms with Crippen molar-refractivity contribution in [3.05, 3.63) is 52.0 Å². The van der Waals surface area contributed by atoms with Crippen molar-refractivity contribution in [2.75, 3.05) is 16.8 Å². The molecule has 0 bridgehead atoms. The zero-order valence-corrected chi connectivity index (χ0v) is 11.5. The third-order valence-corrected chi connectivity index (χ3v) is 3.34. The molecule has 0 fully saturated rings. The fourth-order valence-electron chi connectivity index (χ4n) is 1.63. The monoisotopic (exact) mass is 301 g/mol. The van der Waals surface area contributed by atoms with Crippen molar-refractivity contribution in [1.82, 2.24) is 0 Å². The summed E-state index contributed by atoms with van der Waals surface area (Å²) in [6, 6.07) is 11.0. The molecule has 2 aromatic rings. The van der Waals surface area contributed by atoms with Gasteiger partial charge >= 0.3 is 0 Å². The predicted octanol–water partition coefficient (Wildman–Crippen LogP) is 3.92. The normalized spacial score (nSPS) is 9.79. The lowest BCUT2D eigenvalue weighted by molar-refractivity contribution is 1.11. The summed E-state index contributed by atoms with van der Waals surface area (Å²) in [5, 5.41) is 4.34. The van der Waals surface area contributed by atoms with Crippen LogP contribution in [0, 0.1) is 0 Å². The van der Waals surface area contributed by atoms with Gasteiger partial charge in [0.05, 0.1) is 22.1 Å². The minimum Gasteiger partial charge on any atom is -0.397 e. The van der Waals surface area contributed by atoms with Crippen molar-refractivity contribution >= 4 is 40.3 Å².